The zero-order valence-electron chi connectivity index (χ0n) is 11.5. The van der Waals surface area contributed by atoms with Gasteiger partial charge in [-0.15, -0.1) is 0 Å². The topological polar surface area (TPSA) is 64.8 Å². The second-order valence-corrected chi connectivity index (χ2v) is 5.79. The first-order valence-corrected chi connectivity index (χ1v) is 7.28. The number of amides is 1. The average molecular weight is 319 g/mol. The molecule has 3 heterocycles. The van der Waals surface area contributed by atoms with Gasteiger partial charge in [-0.05, 0) is 18.2 Å². The van der Waals surface area contributed by atoms with E-state index < -0.39 is 5.82 Å². The van der Waals surface area contributed by atoms with Gasteiger partial charge in [-0.1, -0.05) is 11.6 Å². The van der Waals surface area contributed by atoms with E-state index in [0.717, 1.165) is 17.7 Å². The van der Waals surface area contributed by atoms with Crippen LogP contribution in [0.15, 0.2) is 24.4 Å². The van der Waals surface area contributed by atoms with E-state index in [4.69, 9.17) is 11.6 Å². The van der Waals surface area contributed by atoms with Gasteiger partial charge in [0.05, 0.1) is 16.7 Å². The van der Waals surface area contributed by atoms with Crippen molar-refractivity contribution in [3.63, 3.8) is 0 Å². The molecule has 1 aromatic carbocycles. The number of hydrogen-bond donors (Lipinski definition) is 2. The maximum Gasteiger partial charge on any atom is 0.270 e. The van der Waals surface area contributed by atoms with Gasteiger partial charge in [0.1, 0.15) is 11.5 Å². The Kier molecular flexibility index (Phi) is 2.94. The second kappa shape index (κ2) is 4.84. The molecule has 0 fully saturated rings. The van der Waals surface area contributed by atoms with Crippen molar-refractivity contribution < 1.29 is 9.18 Å². The van der Waals surface area contributed by atoms with E-state index >= 15 is 0 Å². The molecule has 0 spiro atoms. The molecule has 0 atom stereocenters. The Labute approximate surface area is 130 Å². The predicted molar refractivity (Wildman–Crippen MR) is 80.3 cm³/mol. The van der Waals surface area contributed by atoms with E-state index in [1.54, 1.807) is 17.2 Å². The van der Waals surface area contributed by atoms with Gasteiger partial charge in [0, 0.05) is 36.2 Å². The number of rotatable bonds is 1. The van der Waals surface area contributed by atoms with E-state index in [0.29, 0.717) is 34.7 Å². The van der Waals surface area contributed by atoms with Gasteiger partial charge in [-0.2, -0.15) is 5.10 Å². The van der Waals surface area contributed by atoms with Gasteiger partial charge in [-0.3, -0.25) is 9.89 Å². The molecule has 3 aromatic rings. The molecule has 0 bridgehead atoms. The van der Waals surface area contributed by atoms with E-state index in [-0.39, 0.29) is 5.91 Å². The average Bonchev–Trinajstić information content (AvgIpc) is 3.11. The number of carbonyl (C=O) groups excluding carboxylic acids is 1. The zero-order chi connectivity index (χ0) is 15.3. The molecule has 22 heavy (non-hydrogen) atoms. The summed E-state index contributed by atoms with van der Waals surface area (Å²) in [6.07, 6.45) is 2.49. The molecule has 1 amide bonds. The number of aromatic nitrogens is 3. The normalized spacial score (nSPS) is 14.4. The molecule has 0 unspecified atom stereocenters. The van der Waals surface area contributed by atoms with Crippen LogP contribution >= 0.6 is 11.6 Å². The summed E-state index contributed by atoms with van der Waals surface area (Å²) in [6.45, 7) is 1.13. The number of fused-ring (bicyclic) bond motifs is 2. The summed E-state index contributed by atoms with van der Waals surface area (Å²) in [4.78, 5) is 17.3. The minimum absolute atomic E-state index is 0.125. The van der Waals surface area contributed by atoms with Crippen molar-refractivity contribution >= 4 is 28.4 Å². The molecule has 1 aliphatic rings. The molecule has 0 saturated carbocycles. The Morgan fingerprint density at radius 1 is 1.36 bits per heavy atom. The summed E-state index contributed by atoms with van der Waals surface area (Å²) in [6, 6.07) is 4.25. The van der Waals surface area contributed by atoms with Crippen LogP contribution in [0.5, 0.6) is 0 Å². The number of benzene rings is 1. The number of halogens is 2. The van der Waals surface area contributed by atoms with Crippen LogP contribution in [0, 0.1) is 5.82 Å². The summed E-state index contributed by atoms with van der Waals surface area (Å²) >= 11 is 6.02. The monoisotopic (exact) mass is 318 g/mol. The third-order valence-corrected chi connectivity index (χ3v) is 4.28. The summed E-state index contributed by atoms with van der Waals surface area (Å²) in [7, 11) is 0. The number of H-pyrrole nitrogens is 2. The van der Waals surface area contributed by atoms with Gasteiger partial charge in [0.2, 0.25) is 0 Å². The van der Waals surface area contributed by atoms with Crippen molar-refractivity contribution in [1.82, 2.24) is 20.1 Å². The largest absolute Gasteiger partial charge is 0.350 e. The lowest BCUT2D eigenvalue weighted by atomic mass is 10.1. The van der Waals surface area contributed by atoms with Gasteiger partial charge in [0.15, 0.2) is 0 Å². The molecule has 0 saturated heterocycles. The van der Waals surface area contributed by atoms with Crippen LogP contribution in [0.4, 0.5) is 4.39 Å². The summed E-state index contributed by atoms with van der Waals surface area (Å²) in [5.41, 5.74) is 3.04. The van der Waals surface area contributed by atoms with Crippen LogP contribution < -0.4 is 0 Å². The van der Waals surface area contributed by atoms with Crippen LogP contribution in [0.2, 0.25) is 5.02 Å². The third kappa shape index (κ3) is 2.07. The smallest absolute Gasteiger partial charge is 0.270 e. The van der Waals surface area contributed by atoms with Gasteiger partial charge >= 0.3 is 0 Å². The van der Waals surface area contributed by atoms with Gasteiger partial charge in [-0.25, -0.2) is 4.39 Å². The highest BCUT2D eigenvalue weighted by Crippen LogP contribution is 2.27. The third-order valence-electron chi connectivity index (χ3n) is 3.97. The first-order chi connectivity index (χ1) is 10.6. The van der Waals surface area contributed by atoms with Crippen molar-refractivity contribution in [2.75, 3.05) is 6.54 Å². The van der Waals surface area contributed by atoms with Crippen molar-refractivity contribution in [2.24, 2.45) is 0 Å². The molecule has 0 radical (unpaired) electrons. The second-order valence-electron chi connectivity index (χ2n) is 5.38. The maximum atomic E-state index is 13.4. The number of aromatic amines is 2. The highest BCUT2D eigenvalue weighted by atomic mass is 35.5. The SMILES string of the molecule is O=C(c1cc2c(Cl)cc(F)cc2[nH]1)N1CCc2[nH]ncc2C1. The number of nitrogens with zero attached hydrogens (tertiary/aromatic N) is 2. The highest BCUT2D eigenvalue weighted by Gasteiger charge is 2.24. The summed E-state index contributed by atoms with van der Waals surface area (Å²) < 4.78 is 13.4. The van der Waals surface area contributed by atoms with Crippen LogP contribution in [-0.2, 0) is 13.0 Å². The molecule has 1 aliphatic heterocycles. The lowest BCUT2D eigenvalue weighted by Gasteiger charge is -2.26. The molecule has 4 rings (SSSR count). The van der Waals surface area contributed by atoms with E-state index in [2.05, 4.69) is 15.2 Å². The lowest BCUT2D eigenvalue weighted by Crippen LogP contribution is -2.35. The minimum Gasteiger partial charge on any atom is -0.350 e. The van der Waals surface area contributed by atoms with Gasteiger partial charge in [0.25, 0.3) is 5.91 Å². The molecule has 7 heteroatoms. The van der Waals surface area contributed by atoms with Crippen LogP contribution in [0.25, 0.3) is 10.9 Å². The Morgan fingerprint density at radius 2 is 2.23 bits per heavy atom. The molecule has 112 valence electrons. The summed E-state index contributed by atoms with van der Waals surface area (Å²) in [5.74, 6) is -0.557. The maximum absolute atomic E-state index is 13.4. The summed E-state index contributed by atoms with van der Waals surface area (Å²) in [5, 5.41) is 7.87. The molecule has 2 N–H and O–H groups in total. The number of nitrogens with one attached hydrogen (secondary N) is 2. The standard InChI is InChI=1S/C15H12ClFN4O/c16-11-3-9(17)4-13-10(11)5-14(19-13)15(22)21-2-1-12-8(7-21)6-18-20-12/h3-6,19H,1-2,7H2,(H,18,20). The Morgan fingerprint density at radius 3 is 3.09 bits per heavy atom. The highest BCUT2D eigenvalue weighted by molar-refractivity contribution is 6.35. The van der Waals surface area contributed by atoms with Crippen LogP contribution in [0.1, 0.15) is 21.7 Å². The van der Waals surface area contributed by atoms with Crippen LogP contribution in [0.3, 0.4) is 0 Å². The van der Waals surface area contributed by atoms with Crippen molar-refractivity contribution in [3.05, 3.63) is 52.2 Å². The van der Waals surface area contributed by atoms with E-state index in [9.17, 15) is 9.18 Å². The first-order valence-electron chi connectivity index (χ1n) is 6.90. The lowest BCUT2D eigenvalue weighted by molar-refractivity contribution is 0.0729. The molecule has 2 aromatic heterocycles. The first kappa shape index (κ1) is 13.3. The number of hydrogen-bond acceptors (Lipinski definition) is 2. The Bertz CT molecular complexity index is 885. The Balaban J connectivity index is 1.67. The van der Waals surface area contributed by atoms with Gasteiger partial charge < -0.3 is 9.88 Å². The quantitative estimate of drug-likeness (QED) is 0.724. The molecule has 0 aliphatic carbocycles. The van der Waals surface area contributed by atoms with Crippen molar-refractivity contribution in [3.8, 4) is 0 Å². The molecular weight excluding hydrogens is 307 g/mol. The Hall–Kier alpha value is -2.34. The zero-order valence-corrected chi connectivity index (χ0v) is 12.2. The van der Waals surface area contributed by atoms with Crippen molar-refractivity contribution in [2.45, 2.75) is 13.0 Å². The van der Waals surface area contributed by atoms with Crippen molar-refractivity contribution in [1.29, 1.82) is 0 Å². The van der Waals surface area contributed by atoms with E-state index in [1.807, 2.05) is 0 Å². The fraction of sp³-hybridized carbons (Fsp3) is 0.200. The minimum atomic E-state index is -0.431. The predicted octanol–water partition coefficient (Wildman–Crippen LogP) is 2.88. The number of carbonyl (C=O) groups is 1. The van der Waals surface area contributed by atoms with E-state index in [1.165, 1.54) is 12.1 Å². The molecule has 5 nitrogen and oxygen atoms in total. The fourth-order valence-electron chi connectivity index (χ4n) is 2.84. The van der Waals surface area contributed by atoms with Crippen LogP contribution in [-0.4, -0.2) is 32.5 Å². The fourth-order valence-corrected chi connectivity index (χ4v) is 3.10. The molecular formula is C15H12ClFN4O.